The number of anilines is 1. The van der Waals surface area contributed by atoms with Gasteiger partial charge < -0.3 is 16.3 Å². The molecule has 0 unspecified atom stereocenters. The van der Waals surface area contributed by atoms with Crippen molar-refractivity contribution in [2.45, 2.75) is 20.3 Å². The number of rotatable bonds is 4. The lowest BCUT2D eigenvalue weighted by atomic mass is 9.90. The number of carbonyl (C=O) groups excluding carboxylic acids is 1. The number of pyridine rings is 1. The molecule has 168 valence electrons. The smallest absolute Gasteiger partial charge is 0.257 e. The third-order valence-electron chi connectivity index (χ3n) is 5.77. The van der Waals surface area contributed by atoms with E-state index in [1.807, 2.05) is 50.3 Å². The topological polar surface area (TPSA) is 124 Å². The summed E-state index contributed by atoms with van der Waals surface area (Å²) in [5.74, 6) is -0.304. The first-order valence-corrected chi connectivity index (χ1v) is 10.7. The van der Waals surface area contributed by atoms with Crippen LogP contribution in [0.3, 0.4) is 0 Å². The maximum absolute atomic E-state index is 13.2. The zero-order valence-electron chi connectivity index (χ0n) is 18.8. The minimum absolute atomic E-state index is 0.304. The first-order valence-electron chi connectivity index (χ1n) is 10.7. The molecule has 2 aromatic carbocycles. The van der Waals surface area contributed by atoms with Gasteiger partial charge in [-0.05, 0) is 60.9 Å². The molecule has 0 aliphatic heterocycles. The Morgan fingerprint density at radius 1 is 1.12 bits per heavy atom. The van der Waals surface area contributed by atoms with Crippen molar-refractivity contribution in [1.29, 1.82) is 5.26 Å². The minimum Gasteiger partial charge on any atom is -0.411 e. The number of oxime groups is 1. The predicted molar refractivity (Wildman–Crippen MR) is 132 cm³/mol. The highest BCUT2D eigenvalue weighted by Crippen LogP contribution is 2.31. The molecule has 7 heteroatoms. The Morgan fingerprint density at radius 3 is 2.56 bits per heavy atom. The fraction of sp³-hybridized carbons (Fsp3) is 0.111. The molecule has 1 aliphatic carbocycles. The number of nitriles is 1. The Labute approximate surface area is 197 Å². The molecule has 4 rings (SSSR count). The molecule has 0 saturated carbocycles. The molecule has 0 radical (unpaired) electrons. The summed E-state index contributed by atoms with van der Waals surface area (Å²) in [6, 6.07) is 20.4. The van der Waals surface area contributed by atoms with Crippen LogP contribution in [-0.4, -0.2) is 21.8 Å². The number of amides is 1. The predicted octanol–water partition coefficient (Wildman–Crippen LogP) is 5.03. The van der Waals surface area contributed by atoms with Gasteiger partial charge in [0.15, 0.2) is 0 Å². The average molecular weight is 450 g/mol. The van der Waals surface area contributed by atoms with Crippen LogP contribution in [0.15, 0.2) is 83.2 Å². The van der Waals surface area contributed by atoms with Crippen LogP contribution in [0.25, 0.3) is 16.7 Å². The van der Waals surface area contributed by atoms with E-state index in [1.54, 1.807) is 30.3 Å². The van der Waals surface area contributed by atoms with Crippen LogP contribution in [0, 0.1) is 18.3 Å². The van der Waals surface area contributed by atoms with Crippen LogP contribution in [0.4, 0.5) is 5.69 Å². The number of benzene rings is 2. The van der Waals surface area contributed by atoms with Gasteiger partial charge >= 0.3 is 0 Å². The summed E-state index contributed by atoms with van der Waals surface area (Å²) in [5, 5.41) is 24.7. The van der Waals surface area contributed by atoms with Gasteiger partial charge in [-0.15, -0.1) is 0 Å². The number of nitrogens with zero attached hydrogens (tertiary/aromatic N) is 3. The van der Waals surface area contributed by atoms with E-state index in [-0.39, 0.29) is 5.91 Å². The van der Waals surface area contributed by atoms with Gasteiger partial charge in [-0.3, -0.25) is 9.78 Å². The molecule has 0 spiro atoms. The SMILES string of the molecule is CC1=C(N)C(=NO)CC=C1c1nc(C)ccc1C(=O)Nc1ccc(-c2ccccc2C#N)cc1. The molecule has 34 heavy (non-hydrogen) atoms. The number of hydrogen-bond donors (Lipinski definition) is 3. The molecule has 7 nitrogen and oxygen atoms in total. The molecule has 1 aliphatic rings. The number of allylic oxidation sites excluding steroid dienone is 4. The summed E-state index contributed by atoms with van der Waals surface area (Å²) in [6.45, 7) is 3.67. The number of nitrogens with two attached hydrogens (primary N) is 1. The van der Waals surface area contributed by atoms with E-state index < -0.39 is 0 Å². The quantitative estimate of drug-likeness (QED) is 0.381. The van der Waals surface area contributed by atoms with Crippen molar-refractivity contribution in [2.75, 3.05) is 5.32 Å². The lowest BCUT2D eigenvalue weighted by Gasteiger charge is -2.19. The maximum Gasteiger partial charge on any atom is 0.257 e. The first-order chi connectivity index (χ1) is 16.4. The van der Waals surface area contributed by atoms with E-state index in [9.17, 15) is 10.1 Å². The fourth-order valence-electron chi connectivity index (χ4n) is 3.90. The van der Waals surface area contributed by atoms with Crippen LogP contribution in [-0.2, 0) is 0 Å². The van der Waals surface area contributed by atoms with Gasteiger partial charge in [-0.2, -0.15) is 5.26 Å². The number of hydrogen-bond acceptors (Lipinski definition) is 6. The van der Waals surface area contributed by atoms with Crippen molar-refractivity contribution in [3.05, 3.63) is 101 Å². The van der Waals surface area contributed by atoms with Crippen molar-refractivity contribution < 1.29 is 10.0 Å². The van der Waals surface area contributed by atoms with Gasteiger partial charge in [-0.25, -0.2) is 0 Å². The van der Waals surface area contributed by atoms with Gasteiger partial charge in [0.1, 0.15) is 5.71 Å². The third-order valence-corrected chi connectivity index (χ3v) is 5.77. The second kappa shape index (κ2) is 9.43. The molecule has 1 amide bonds. The Hall–Kier alpha value is -4.70. The third kappa shape index (κ3) is 4.30. The van der Waals surface area contributed by atoms with E-state index in [0.29, 0.717) is 45.9 Å². The van der Waals surface area contributed by atoms with Crippen LogP contribution in [0.1, 0.15) is 40.7 Å². The Morgan fingerprint density at radius 2 is 1.85 bits per heavy atom. The average Bonchev–Trinajstić information content (AvgIpc) is 2.86. The fourth-order valence-corrected chi connectivity index (χ4v) is 3.90. The van der Waals surface area contributed by atoms with E-state index in [0.717, 1.165) is 22.4 Å². The van der Waals surface area contributed by atoms with E-state index in [4.69, 9.17) is 10.9 Å². The Bertz CT molecular complexity index is 1410. The number of aryl methyl sites for hydroxylation is 1. The summed E-state index contributed by atoms with van der Waals surface area (Å²) in [5.41, 5.74) is 13.0. The molecule has 0 saturated heterocycles. The van der Waals surface area contributed by atoms with E-state index >= 15 is 0 Å². The molecular formula is C27H23N5O2. The van der Waals surface area contributed by atoms with Gasteiger partial charge in [0.2, 0.25) is 0 Å². The summed E-state index contributed by atoms with van der Waals surface area (Å²) in [7, 11) is 0. The zero-order chi connectivity index (χ0) is 24.2. The van der Waals surface area contributed by atoms with Gasteiger partial charge in [-0.1, -0.05) is 41.6 Å². The van der Waals surface area contributed by atoms with Gasteiger partial charge in [0.25, 0.3) is 5.91 Å². The van der Waals surface area contributed by atoms with Crippen LogP contribution in [0.2, 0.25) is 0 Å². The van der Waals surface area contributed by atoms with Crippen LogP contribution >= 0.6 is 0 Å². The lowest BCUT2D eigenvalue weighted by molar-refractivity contribution is 0.102. The highest BCUT2D eigenvalue weighted by atomic mass is 16.4. The highest BCUT2D eigenvalue weighted by Gasteiger charge is 2.23. The van der Waals surface area contributed by atoms with Crippen molar-refractivity contribution in [2.24, 2.45) is 10.9 Å². The molecule has 1 heterocycles. The molecule has 0 fully saturated rings. The Kier molecular flexibility index (Phi) is 6.24. The zero-order valence-corrected chi connectivity index (χ0v) is 18.8. The molecule has 1 aromatic heterocycles. The summed E-state index contributed by atoms with van der Waals surface area (Å²) in [6.07, 6.45) is 2.21. The standard InChI is InChI=1S/C27H23N5O2/c1-16-7-12-23(26(30-16)21-13-14-24(32-34)25(29)17(21)2)27(33)31-20-10-8-18(9-11-20)22-6-4-3-5-19(22)15-28/h3-13,34H,14,29H2,1-2H3,(H,31,33). The summed E-state index contributed by atoms with van der Waals surface area (Å²) >= 11 is 0. The summed E-state index contributed by atoms with van der Waals surface area (Å²) in [4.78, 5) is 17.8. The van der Waals surface area contributed by atoms with Crippen LogP contribution < -0.4 is 11.1 Å². The van der Waals surface area contributed by atoms with Crippen molar-refractivity contribution in [1.82, 2.24) is 4.98 Å². The van der Waals surface area contributed by atoms with Gasteiger partial charge in [0.05, 0.1) is 28.6 Å². The highest BCUT2D eigenvalue weighted by molar-refractivity contribution is 6.11. The molecule has 4 N–H and O–H groups in total. The molecule has 0 atom stereocenters. The normalized spacial score (nSPS) is 14.5. The van der Waals surface area contributed by atoms with Crippen molar-refractivity contribution in [3.63, 3.8) is 0 Å². The number of nitrogens with one attached hydrogen (secondary N) is 1. The minimum atomic E-state index is -0.304. The maximum atomic E-state index is 13.2. The van der Waals surface area contributed by atoms with Crippen LogP contribution in [0.5, 0.6) is 0 Å². The monoisotopic (exact) mass is 449 g/mol. The number of aromatic nitrogens is 1. The lowest BCUT2D eigenvalue weighted by Crippen LogP contribution is -2.20. The first kappa shape index (κ1) is 22.5. The van der Waals surface area contributed by atoms with E-state index in [2.05, 4.69) is 21.5 Å². The Balaban J connectivity index is 1.63. The summed E-state index contributed by atoms with van der Waals surface area (Å²) < 4.78 is 0. The number of carbonyl (C=O) groups is 1. The van der Waals surface area contributed by atoms with Crippen molar-refractivity contribution in [3.8, 4) is 17.2 Å². The second-order valence-corrected chi connectivity index (χ2v) is 7.94. The largest absolute Gasteiger partial charge is 0.411 e. The van der Waals surface area contributed by atoms with E-state index in [1.165, 1.54) is 0 Å². The second-order valence-electron chi connectivity index (χ2n) is 7.94. The molecule has 3 aromatic rings. The molecular weight excluding hydrogens is 426 g/mol. The van der Waals surface area contributed by atoms with Crippen molar-refractivity contribution >= 4 is 22.9 Å². The van der Waals surface area contributed by atoms with Gasteiger partial charge in [0, 0.05) is 23.4 Å². The molecule has 0 bridgehead atoms.